The molecule has 1 aromatic carbocycles. The largest absolute Gasteiger partial charge is 0.481 e. The smallest absolute Gasteiger partial charge is 0.395 e. The number of hydrogen-bond acceptors (Lipinski definition) is 12. The maximum Gasteiger partial charge on any atom is 0.395 e. The third-order valence-electron chi connectivity index (χ3n) is 6.32. The van der Waals surface area contributed by atoms with Gasteiger partial charge >= 0.3 is 59.5 Å². The lowest BCUT2D eigenvalue weighted by Crippen LogP contribution is -2.62. The molecule has 0 aliphatic carbocycles. The zero-order chi connectivity index (χ0) is 48.3. The molecule has 342 valence electrons. The van der Waals surface area contributed by atoms with Crippen LogP contribution in [0.1, 0.15) is 24.2 Å². The Hall–Kier alpha value is -6.82. The Kier molecular flexibility index (Phi) is 22.4. The van der Waals surface area contributed by atoms with Crippen LogP contribution >= 0.6 is 11.8 Å². The molecule has 0 fully saturated rings. The molecule has 0 saturated carbocycles. The number of carbonyl (C=O) groups is 11. The van der Waals surface area contributed by atoms with Crippen LogP contribution in [0.4, 0.5) is 35.1 Å². The molecule has 61 heavy (non-hydrogen) atoms. The van der Waals surface area contributed by atoms with E-state index in [0.717, 1.165) is 46.9 Å². The number of nitrogens with one attached hydrogen (secondary N) is 5. The predicted octanol–water partition coefficient (Wildman–Crippen LogP) is -1.22. The second-order valence-corrected chi connectivity index (χ2v) is 12.2. The standard InChI is InChI=1S/C12H13NO5S.C10H12F4N2O6.C8H8F4N2O6/c14-10(15)7-19-6-9(12(17)18)13-11(16)8-4-2-1-3-5-8;1-3(5(17)18)15-7(21)9(11,12)10(13,14)8(22)16-4(2)6(19)20;9-7(10,5(19)13-1-3(15)16)8(11,12)6(20)14-2-4(17)18/h1-5,9H,6-7H2,(H,13,16)(H,14,15)(H,17,18);3-4H,1-2H3,(H,15,21)(H,16,22)(H,17,18)(H,19,20);1-2H2,(H,13,19)(H,14,20)(H,15,16)(H,17,18)/t9-;3-,4-;/m00./s1. The van der Waals surface area contributed by atoms with Gasteiger partial charge in [-0.3, -0.25) is 47.9 Å². The van der Waals surface area contributed by atoms with Gasteiger partial charge in [0, 0.05) is 11.3 Å². The Balaban J connectivity index is 0. The van der Waals surface area contributed by atoms with Crippen molar-refractivity contribution in [2.45, 2.75) is 55.7 Å². The fourth-order valence-electron chi connectivity index (χ4n) is 3.07. The van der Waals surface area contributed by atoms with E-state index >= 15 is 0 Å². The number of benzene rings is 1. The van der Waals surface area contributed by atoms with E-state index in [-0.39, 0.29) is 11.5 Å². The topological polar surface area (TPSA) is 369 Å². The molecule has 1 rings (SSSR count). The summed E-state index contributed by atoms with van der Waals surface area (Å²) in [5.41, 5.74) is 0.358. The zero-order valence-electron chi connectivity index (χ0n) is 30.6. The van der Waals surface area contributed by atoms with Gasteiger partial charge in [0.05, 0.1) is 5.75 Å². The van der Waals surface area contributed by atoms with Crippen molar-refractivity contribution in [1.29, 1.82) is 0 Å². The van der Waals surface area contributed by atoms with Gasteiger partial charge in [-0.15, -0.1) is 11.8 Å². The average Bonchev–Trinajstić information content (AvgIpc) is 3.15. The third-order valence-corrected chi connectivity index (χ3v) is 7.34. The summed E-state index contributed by atoms with van der Waals surface area (Å²) in [4.78, 5) is 117. The van der Waals surface area contributed by atoms with Crippen molar-refractivity contribution in [1.82, 2.24) is 26.6 Å². The van der Waals surface area contributed by atoms with Gasteiger partial charge in [0.2, 0.25) is 0 Å². The van der Waals surface area contributed by atoms with Crippen molar-refractivity contribution in [3.8, 4) is 0 Å². The van der Waals surface area contributed by atoms with Crippen molar-refractivity contribution in [2.75, 3.05) is 24.6 Å². The van der Waals surface area contributed by atoms with Crippen LogP contribution in [0, 0.1) is 0 Å². The lowest BCUT2D eigenvalue weighted by molar-refractivity contribution is -0.212. The Bertz CT molecular complexity index is 1720. The molecule has 0 aromatic heterocycles. The maximum absolute atomic E-state index is 13.4. The van der Waals surface area contributed by atoms with Gasteiger partial charge < -0.3 is 57.2 Å². The van der Waals surface area contributed by atoms with E-state index in [2.05, 4.69) is 5.32 Å². The van der Waals surface area contributed by atoms with Crippen LogP contribution in [-0.4, -0.2) is 162 Å². The highest BCUT2D eigenvalue weighted by Crippen LogP contribution is 2.36. The molecule has 22 nitrogen and oxygen atoms in total. The van der Waals surface area contributed by atoms with Crippen molar-refractivity contribution in [2.24, 2.45) is 0 Å². The van der Waals surface area contributed by atoms with Crippen LogP contribution in [0.3, 0.4) is 0 Å². The van der Waals surface area contributed by atoms with Crippen LogP contribution in [0.2, 0.25) is 0 Å². The molecule has 11 N–H and O–H groups in total. The summed E-state index contributed by atoms with van der Waals surface area (Å²) in [6.07, 6.45) is 0. The number of amides is 5. The minimum absolute atomic E-state index is 0.000205. The van der Waals surface area contributed by atoms with Crippen LogP contribution in [0.5, 0.6) is 0 Å². The lowest BCUT2D eigenvalue weighted by Gasteiger charge is -2.26. The van der Waals surface area contributed by atoms with Gasteiger partial charge in [0.25, 0.3) is 29.5 Å². The van der Waals surface area contributed by atoms with Gasteiger partial charge in [-0.05, 0) is 26.0 Å². The number of halogens is 8. The Labute approximate surface area is 338 Å². The summed E-state index contributed by atoms with van der Waals surface area (Å²) in [7, 11) is 0. The molecule has 5 amide bonds. The van der Waals surface area contributed by atoms with E-state index in [9.17, 15) is 87.9 Å². The fraction of sp³-hybridized carbons (Fsp3) is 0.433. The highest BCUT2D eigenvalue weighted by molar-refractivity contribution is 8.00. The van der Waals surface area contributed by atoms with Crippen LogP contribution in [0.15, 0.2) is 30.3 Å². The number of rotatable bonds is 21. The highest BCUT2D eigenvalue weighted by Gasteiger charge is 2.68. The number of thioether (sulfide) groups is 1. The minimum Gasteiger partial charge on any atom is -0.481 e. The molecule has 0 radical (unpaired) electrons. The average molecular weight is 920 g/mol. The van der Waals surface area contributed by atoms with Crippen LogP contribution in [-0.2, 0) is 47.9 Å². The molecule has 0 bridgehead atoms. The van der Waals surface area contributed by atoms with Crippen LogP contribution in [0.25, 0.3) is 0 Å². The number of carbonyl (C=O) groups excluding carboxylic acids is 5. The molecule has 3 atom stereocenters. The van der Waals surface area contributed by atoms with E-state index < -0.39 is 120 Å². The van der Waals surface area contributed by atoms with Gasteiger partial charge in [0.1, 0.15) is 31.2 Å². The third kappa shape index (κ3) is 18.3. The molecule has 0 heterocycles. The Morgan fingerprint density at radius 3 is 1.16 bits per heavy atom. The summed E-state index contributed by atoms with van der Waals surface area (Å²) in [5.74, 6) is -43.0. The summed E-state index contributed by atoms with van der Waals surface area (Å²) in [6, 6.07) is 3.29. The maximum atomic E-state index is 13.4. The minimum atomic E-state index is -5.58. The fourth-order valence-corrected chi connectivity index (χ4v) is 3.83. The van der Waals surface area contributed by atoms with Crippen molar-refractivity contribution < 1.29 is 119 Å². The first-order chi connectivity index (χ1) is 27.7. The number of carboxylic acids is 6. The predicted molar refractivity (Wildman–Crippen MR) is 182 cm³/mol. The molecular formula is C30H33F8N5O17S. The van der Waals surface area contributed by atoms with E-state index in [1.165, 1.54) is 0 Å². The van der Waals surface area contributed by atoms with Gasteiger partial charge in [-0.2, -0.15) is 35.1 Å². The SMILES string of the molecule is C[C@H](NC(=O)C(F)(F)C(F)(F)C(=O)N[C@@H](C)C(=O)O)C(=O)O.O=C(O)CNC(=O)C(F)(F)C(F)(F)C(=O)NCC(=O)O.O=C(O)CSC[C@H](NC(=O)c1ccccc1)C(=O)O. The summed E-state index contributed by atoms with van der Waals surface area (Å²) in [5, 5.41) is 56.9. The monoisotopic (exact) mass is 919 g/mol. The molecule has 31 heteroatoms. The second-order valence-electron chi connectivity index (χ2n) is 11.2. The molecule has 0 unspecified atom stereocenters. The Morgan fingerprint density at radius 1 is 0.525 bits per heavy atom. The van der Waals surface area contributed by atoms with Gasteiger partial charge in [-0.1, -0.05) is 18.2 Å². The molecule has 0 aliphatic rings. The summed E-state index contributed by atoms with van der Waals surface area (Å²) >= 11 is 0.940. The quantitative estimate of drug-likeness (QED) is 0.0644. The highest BCUT2D eigenvalue weighted by atomic mass is 32.2. The number of carboxylic acid groups (broad SMARTS) is 6. The van der Waals surface area contributed by atoms with Crippen molar-refractivity contribution >= 4 is 77.1 Å². The van der Waals surface area contributed by atoms with E-state index in [1.807, 2.05) is 0 Å². The molecule has 0 aliphatic heterocycles. The molecule has 0 spiro atoms. The zero-order valence-corrected chi connectivity index (χ0v) is 31.4. The first-order valence-electron chi connectivity index (χ1n) is 15.6. The lowest BCUT2D eigenvalue weighted by atomic mass is 10.1. The van der Waals surface area contributed by atoms with E-state index in [4.69, 9.17) is 30.6 Å². The van der Waals surface area contributed by atoms with Gasteiger partial charge in [-0.25, -0.2) is 4.79 Å². The second kappa shape index (κ2) is 24.3. The molecule has 1 aromatic rings. The number of aliphatic carboxylic acids is 6. The Morgan fingerprint density at radius 2 is 0.869 bits per heavy atom. The first kappa shape index (κ1) is 56.3. The summed E-state index contributed by atoms with van der Waals surface area (Å²) in [6.45, 7) is -1.25. The number of alkyl halides is 8. The summed E-state index contributed by atoms with van der Waals surface area (Å²) < 4.78 is 106. The van der Waals surface area contributed by atoms with Crippen LogP contribution < -0.4 is 26.6 Å². The first-order valence-corrected chi connectivity index (χ1v) is 16.8. The van der Waals surface area contributed by atoms with E-state index in [1.54, 1.807) is 30.3 Å². The molecule has 0 saturated heterocycles. The van der Waals surface area contributed by atoms with Crippen molar-refractivity contribution in [3.05, 3.63) is 35.9 Å². The molecular weight excluding hydrogens is 886 g/mol. The van der Waals surface area contributed by atoms with Gasteiger partial charge in [0.15, 0.2) is 0 Å². The van der Waals surface area contributed by atoms with E-state index in [0.29, 0.717) is 5.56 Å². The van der Waals surface area contributed by atoms with Crippen molar-refractivity contribution in [3.63, 3.8) is 0 Å². The normalized spacial score (nSPS) is 12.7. The number of hydrogen-bond donors (Lipinski definition) is 11.